The minimum absolute atomic E-state index is 0.166. The highest BCUT2D eigenvalue weighted by molar-refractivity contribution is 5.83. The van der Waals surface area contributed by atoms with Crippen LogP contribution in [0.4, 0.5) is 11.6 Å². The zero-order valence-electron chi connectivity index (χ0n) is 19.0. The van der Waals surface area contributed by atoms with Crippen LogP contribution in [-0.2, 0) is 13.0 Å². The number of benzene rings is 3. The van der Waals surface area contributed by atoms with Gasteiger partial charge in [0.1, 0.15) is 5.75 Å². The average molecular weight is 442 g/mol. The zero-order chi connectivity index (χ0) is 23.2. The van der Waals surface area contributed by atoms with E-state index in [1.165, 1.54) is 4.68 Å². The Balaban J connectivity index is 1.57. The maximum absolute atomic E-state index is 13.1. The molecule has 0 saturated heterocycles. The molecule has 0 amide bonds. The summed E-state index contributed by atoms with van der Waals surface area (Å²) in [5, 5.41) is 7.81. The summed E-state index contributed by atoms with van der Waals surface area (Å²) in [7, 11) is 5.64. The SMILES string of the molecule is COc1ccc(CC(=O)n2nc(-c3ccccc3)nc2NCc2ccc(N(C)C)cc2)cc1. The normalized spacial score (nSPS) is 10.6. The third kappa shape index (κ3) is 5.38. The van der Waals surface area contributed by atoms with Crippen molar-refractivity contribution < 1.29 is 9.53 Å². The van der Waals surface area contributed by atoms with Crippen LogP contribution in [0.2, 0.25) is 0 Å². The highest BCUT2D eigenvalue weighted by atomic mass is 16.5. The Morgan fingerprint density at radius 1 is 0.939 bits per heavy atom. The van der Waals surface area contributed by atoms with Crippen molar-refractivity contribution in [3.63, 3.8) is 0 Å². The molecule has 1 N–H and O–H groups in total. The van der Waals surface area contributed by atoms with Gasteiger partial charge in [0.25, 0.3) is 5.91 Å². The molecule has 0 radical (unpaired) electrons. The van der Waals surface area contributed by atoms with Crippen LogP contribution in [0.15, 0.2) is 78.9 Å². The van der Waals surface area contributed by atoms with E-state index in [2.05, 4.69) is 44.6 Å². The Labute approximate surface area is 193 Å². The van der Waals surface area contributed by atoms with Gasteiger partial charge in [-0.2, -0.15) is 9.67 Å². The molecule has 3 aromatic carbocycles. The van der Waals surface area contributed by atoms with E-state index in [1.807, 2.05) is 68.7 Å². The maximum atomic E-state index is 13.1. The largest absolute Gasteiger partial charge is 0.497 e. The monoisotopic (exact) mass is 441 g/mol. The van der Waals surface area contributed by atoms with E-state index >= 15 is 0 Å². The lowest BCUT2D eigenvalue weighted by atomic mass is 10.1. The Morgan fingerprint density at radius 2 is 1.61 bits per heavy atom. The number of nitrogens with one attached hydrogen (secondary N) is 1. The molecular formula is C26H27N5O2. The van der Waals surface area contributed by atoms with Gasteiger partial charge in [-0.25, -0.2) is 0 Å². The Hall–Kier alpha value is -4.13. The Kier molecular flexibility index (Phi) is 6.69. The van der Waals surface area contributed by atoms with Crippen LogP contribution in [0, 0.1) is 0 Å². The lowest BCUT2D eigenvalue weighted by Crippen LogP contribution is -2.18. The van der Waals surface area contributed by atoms with Crippen molar-refractivity contribution in [2.24, 2.45) is 0 Å². The molecule has 1 heterocycles. The van der Waals surface area contributed by atoms with E-state index in [0.717, 1.165) is 28.1 Å². The maximum Gasteiger partial charge on any atom is 0.254 e. The van der Waals surface area contributed by atoms with Crippen LogP contribution in [-0.4, -0.2) is 41.9 Å². The molecule has 0 unspecified atom stereocenters. The first-order chi connectivity index (χ1) is 16.0. The number of nitrogens with zero attached hydrogens (tertiary/aromatic N) is 4. The Morgan fingerprint density at radius 3 is 2.24 bits per heavy atom. The number of carbonyl (C=O) groups is 1. The van der Waals surface area contributed by atoms with Crippen molar-refractivity contribution in [1.82, 2.24) is 14.8 Å². The van der Waals surface area contributed by atoms with Gasteiger partial charge >= 0.3 is 0 Å². The summed E-state index contributed by atoms with van der Waals surface area (Å²) in [6, 6.07) is 25.3. The number of aromatic nitrogens is 3. The predicted octanol–water partition coefficient (Wildman–Crippen LogP) is 4.51. The summed E-state index contributed by atoms with van der Waals surface area (Å²) in [6.45, 7) is 0.524. The summed E-state index contributed by atoms with van der Waals surface area (Å²) in [5.41, 5.74) is 3.94. The van der Waals surface area contributed by atoms with E-state index in [4.69, 9.17) is 4.74 Å². The lowest BCUT2D eigenvalue weighted by molar-refractivity contribution is 0.0901. The van der Waals surface area contributed by atoms with Gasteiger partial charge in [-0.05, 0) is 35.4 Å². The molecule has 0 spiro atoms. The first kappa shape index (κ1) is 22.1. The number of rotatable bonds is 8. The minimum Gasteiger partial charge on any atom is -0.497 e. The molecule has 7 heteroatoms. The van der Waals surface area contributed by atoms with E-state index in [0.29, 0.717) is 18.3 Å². The fraction of sp³-hybridized carbons (Fsp3) is 0.192. The van der Waals surface area contributed by atoms with Gasteiger partial charge in [-0.1, -0.05) is 54.6 Å². The van der Waals surface area contributed by atoms with Crippen LogP contribution in [0.1, 0.15) is 15.9 Å². The summed E-state index contributed by atoms with van der Waals surface area (Å²) >= 11 is 0. The second kappa shape index (κ2) is 9.99. The van der Waals surface area contributed by atoms with Crippen molar-refractivity contribution in [2.45, 2.75) is 13.0 Å². The van der Waals surface area contributed by atoms with Crippen molar-refractivity contribution in [3.8, 4) is 17.1 Å². The molecular weight excluding hydrogens is 414 g/mol. The summed E-state index contributed by atoms with van der Waals surface area (Å²) in [6.07, 6.45) is 0.202. The number of hydrogen-bond donors (Lipinski definition) is 1. The summed E-state index contributed by atoms with van der Waals surface area (Å²) in [4.78, 5) is 19.8. The smallest absolute Gasteiger partial charge is 0.254 e. The summed E-state index contributed by atoms with van der Waals surface area (Å²) < 4.78 is 6.56. The van der Waals surface area contributed by atoms with Crippen LogP contribution >= 0.6 is 0 Å². The number of ether oxygens (including phenoxy) is 1. The highest BCUT2D eigenvalue weighted by Gasteiger charge is 2.18. The van der Waals surface area contributed by atoms with E-state index < -0.39 is 0 Å². The molecule has 0 aliphatic carbocycles. The van der Waals surface area contributed by atoms with Crippen molar-refractivity contribution in [1.29, 1.82) is 0 Å². The van der Waals surface area contributed by atoms with Gasteiger partial charge in [0.05, 0.1) is 13.5 Å². The van der Waals surface area contributed by atoms with E-state index in [9.17, 15) is 4.79 Å². The number of anilines is 2. The first-order valence-corrected chi connectivity index (χ1v) is 10.7. The van der Waals surface area contributed by atoms with Gasteiger partial charge in [0, 0.05) is 31.9 Å². The molecule has 0 aliphatic heterocycles. The summed E-state index contributed by atoms with van der Waals surface area (Å²) in [5.74, 6) is 1.51. The quantitative estimate of drug-likeness (QED) is 0.434. The average Bonchev–Trinajstić information content (AvgIpc) is 3.28. The fourth-order valence-corrected chi connectivity index (χ4v) is 3.40. The Bertz CT molecular complexity index is 1200. The number of methoxy groups -OCH3 is 1. The van der Waals surface area contributed by atoms with Gasteiger partial charge in [0.15, 0.2) is 5.82 Å². The van der Waals surface area contributed by atoms with Gasteiger partial charge in [-0.15, -0.1) is 5.10 Å². The molecule has 1 aromatic heterocycles. The molecule has 0 fully saturated rings. The number of hydrogen-bond acceptors (Lipinski definition) is 6. The van der Waals surface area contributed by atoms with Crippen molar-refractivity contribution in [3.05, 3.63) is 90.0 Å². The standard InChI is InChI=1S/C26H27N5O2/c1-30(2)22-13-9-20(10-14-22)18-27-26-28-25(21-7-5-4-6-8-21)29-31(26)24(32)17-19-11-15-23(33-3)16-12-19/h4-16H,17-18H2,1-3H3,(H,27,28,29). The van der Waals surface area contributed by atoms with Gasteiger partial charge < -0.3 is 15.0 Å². The molecule has 33 heavy (non-hydrogen) atoms. The van der Waals surface area contributed by atoms with Crippen LogP contribution < -0.4 is 15.0 Å². The third-order valence-electron chi connectivity index (χ3n) is 5.29. The number of carbonyl (C=O) groups excluding carboxylic acids is 1. The van der Waals surface area contributed by atoms with E-state index in [1.54, 1.807) is 7.11 Å². The van der Waals surface area contributed by atoms with Gasteiger partial charge in [0.2, 0.25) is 5.95 Å². The minimum atomic E-state index is -0.166. The molecule has 4 aromatic rings. The molecule has 0 atom stereocenters. The zero-order valence-corrected chi connectivity index (χ0v) is 19.0. The molecule has 0 aliphatic rings. The topological polar surface area (TPSA) is 72.3 Å². The lowest BCUT2D eigenvalue weighted by Gasteiger charge is -2.13. The van der Waals surface area contributed by atoms with E-state index in [-0.39, 0.29) is 12.3 Å². The van der Waals surface area contributed by atoms with Crippen LogP contribution in [0.3, 0.4) is 0 Å². The van der Waals surface area contributed by atoms with Crippen LogP contribution in [0.5, 0.6) is 5.75 Å². The second-order valence-corrected chi connectivity index (χ2v) is 7.87. The molecule has 0 saturated carbocycles. The fourth-order valence-electron chi connectivity index (χ4n) is 3.40. The van der Waals surface area contributed by atoms with Gasteiger partial charge in [-0.3, -0.25) is 4.79 Å². The molecule has 4 rings (SSSR count). The first-order valence-electron chi connectivity index (χ1n) is 10.7. The van der Waals surface area contributed by atoms with Crippen molar-refractivity contribution >= 4 is 17.5 Å². The molecule has 0 bridgehead atoms. The van der Waals surface area contributed by atoms with Crippen molar-refractivity contribution in [2.75, 3.05) is 31.4 Å². The third-order valence-corrected chi connectivity index (χ3v) is 5.29. The molecule has 168 valence electrons. The molecule has 7 nitrogen and oxygen atoms in total. The van der Waals surface area contributed by atoms with Crippen LogP contribution in [0.25, 0.3) is 11.4 Å². The predicted molar refractivity (Wildman–Crippen MR) is 131 cm³/mol. The second-order valence-electron chi connectivity index (χ2n) is 7.87. The highest BCUT2D eigenvalue weighted by Crippen LogP contribution is 2.20.